The number of nitrogens with zero attached hydrogens (tertiary/aromatic N) is 5. The quantitative estimate of drug-likeness (QED) is 0.116. The summed E-state index contributed by atoms with van der Waals surface area (Å²) in [4.78, 5) is 0. The SMILES string of the molecule is N#Cc1c(-n2c3ccccc3c3ccccc32)c(-n2c3ccccc3c3cc([Si](c4ccccc4)(c4ccccc4)c4ccccc4)ccc32)c(-n2c3ccccc3c3ccccc32)c2c3cccc4c5ccccc5n(c12)c43. The predicted molar refractivity (Wildman–Crippen MR) is 332 cm³/mol. The Morgan fingerprint density at radius 2 is 0.620 bits per heavy atom. The summed E-state index contributed by atoms with van der Waals surface area (Å²) in [5, 5.41) is 29.1. The molecule has 0 amide bonds. The number of rotatable bonds is 7. The van der Waals surface area contributed by atoms with Crippen LogP contribution in [0.25, 0.3) is 121 Å². The molecule has 0 saturated heterocycles. The Kier molecular flexibility index (Phi) is 9.15. The molecule has 0 aliphatic carbocycles. The highest BCUT2D eigenvalue weighted by Gasteiger charge is 2.42. The van der Waals surface area contributed by atoms with E-state index in [1.54, 1.807) is 0 Å². The summed E-state index contributed by atoms with van der Waals surface area (Å²) in [7, 11) is -2.98. The lowest BCUT2D eigenvalue weighted by atomic mass is 9.99. The minimum atomic E-state index is -2.98. The van der Waals surface area contributed by atoms with E-state index in [4.69, 9.17) is 0 Å². The second kappa shape index (κ2) is 16.5. The molecule has 0 atom stereocenters. The van der Waals surface area contributed by atoms with Gasteiger partial charge in [0.2, 0.25) is 0 Å². The normalized spacial score (nSPS) is 12.3. The summed E-state index contributed by atoms with van der Waals surface area (Å²) in [5.41, 5.74) is 12.8. The van der Waals surface area contributed by atoms with E-state index >= 15 is 0 Å². The molecular formula is C73H45N5Si. The molecule has 0 N–H and O–H groups in total. The summed E-state index contributed by atoms with van der Waals surface area (Å²) < 4.78 is 9.87. The van der Waals surface area contributed by atoms with Crippen molar-refractivity contribution in [3.05, 3.63) is 279 Å². The first kappa shape index (κ1) is 43.8. The van der Waals surface area contributed by atoms with E-state index < -0.39 is 8.07 Å². The topological polar surface area (TPSA) is 43.0 Å². The number of para-hydroxylation sites is 7. The molecule has 0 unspecified atom stereocenters. The lowest BCUT2D eigenvalue weighted by Crippen LogP contribution is -2.74. The van der Waals surface area contributed by atoms with Gasteiger partial charge < -0.3 is 18.1 Å². The van der Waals surface area contributed by atoms with Gasteiger partial charge in [0, 0.05) is 53.9 Å². The lowest BCUT2D eigenvalue weighted by molar-refractivity contribution is 1.06. The smallest absolute Gasteiger partial charge is 0.179 e. The highest BCUT2D eigenvalue weighted by Crippen LogP contribution is 2.51. The molecule has 17 rings (SSSR count). The van der Waals surface area contributed by atoms with Crippen LogP contribution >= 0.6 is 0 Å². The average Bonchev–Trinajstić information content (AvgIpc) is 3.52. The molecule has 0 fully saturated rings. The van der Waals surface area contributed by atoms with Crippen LogP contribution in [0.15, 0.2) is 273 Å². The molecule has 79 heavy (non-hydrogen) atoms. The van der Waals surface area contributed by atoms with Gasteiger partial charge in [-0.15, -0.1) is 0 Å². The van der Waals surface area contributed by atoms with Crippen molar-refractivity contribution < 1.29 is 0 Å². The first-order valence-electron chi connectivity index (χ1n) is 27.1. The zero-order valence-electron chi connectivity index (χ0n) is 42.7. The van der Waals surface area contributed by atoms with Crippen LogP contribution in [0.4, 0.5) is 0 Å². The van der Waals surface area contributed by atoms with E-state index in [0.717, 1.165) is 121 Å². The molecule has 5 heterocycles. The van der Waals surface area contributed by atoms with Crippen molar-refractivity contribution in [1.82, 2.24) is 18.1 Å². The van der Waals surface area contributed by atoms with E-state index in [1.165, 1.54) is 20.7 Å². The van der Waals surface area contributed by atoms with Crippen LogP contribution in [0.3, 0.4) is 0 Å². The van der Waals surface area contributed by atoms with Gasteiger partial charge in [0.25, 0.3) is 0 Å². The Hall–Kier alpha value is -10.5. The van der Waals surface area contributed by atoms with Crippen molar-refractivity contribution in [1.29, 1.82) is 5.26 Å². The van der Waals surface area contributed by atoms with Gasteiger partial charge in [0.05, 0.1) is 66.7 Å². The number of nitriles is 1. The molecule has 12 aromatic carbocycles. The second-order valence-corrected chi connectivity index (χ2v) is 24.8. The molecule has 5 nitrogen and oxygen atoms in total. The highest BCUT2D eigenvalue weighted by atomic mass is 28.3. The molecule has 5 aromatic heterocycles. The third-order valence-electron chi connectivity index (χ3n) is 17.3. The van der Waals surface area contributed by atoms with Gasteiger partial charge in [-0.05, 0) is 63.2 Å². The molecule has 0 bridgehead atoms. The third-order valence-corrected chi connectivity index (χ3v) is 22.0. The van der Waals surface area contributed by atoms with E-state index in [9.17, 15) is 5.26 Å². The molecule has 0 radical (unpaired) electrons. The molecule has 6 heteroatoms. The molecular weight excluding hydrogens is 975 g/mol. The molecule has 0 saturated carbocycles. The van der Waals surface area contributed by atoms with E-state index in [2.05, 4.69) is 297 Å². The summed E-state index contributed by atoms with van der Waals surface area (Å²) in [6, 6.07) is 103. The van der Waals surface area contributed by atoms with Crippen LogP contribution in [0.5, 0.6) is 0 Å². The Bertz CT molecular complexity index is 5180. The van der Waals surface area contributed by atoms with Crippen molar-refractivity contribution in [2.24, 2.45) is 0 Å². The van der Waals surface area contributed by atoms with Crippen LogP contribution in [0.1, 0.15) is 5.56 Å². The van der Waals surface area contributed by atoms with Gasteiger partial charge in [-0.1, -0.05) is 231 Å². The fourth-order valence-electron chi connectivity index (χ4n) is 14.2. The Labute approximate surface area is 454 Å². The van der Waals surface area contributed by atoms with Gasteiger partial charge in [0.15, 0.2) is 8.07 Å². The van der Waals surface area contributed by atoms with Crippen LogP contribution in [0, 0.1) is 11.3 Å². The largest absolute Gasteiger partial charge is 0.306 e. The standard InChI is InChI=1S/C73H45N5Si/c74-46-60-70-68(58-36-22-35-57-55-33-14-21-42-66(55)78(70)69(57)58)72(76-63-39-18-12-31-53(63)54-32-13-19-40-64(54)76)73(71(60)75-61-37-16-10-29-51(61)52-30-11-17-38-62(52)75)77-65-41-20-15-34-56(65)59-45-50(43-44-67(59)77)79(47-23-4-1-5-24-47,48-25-6-2-7-26-48)49-27-8-3-9-28-49/h1-45H. The van der Waals surface area contributed by atoms with Crippen LogP contribution in [0.2, 0.25) is 0 Å². The number of hydrogen-bond acceptors (Lipinski definition) is 1. The zero-order chi connectivity index (χ0) is 51.9. The zero-order valence-corrected chi connectivity index (χ0v) is 43.7. The van der Waals surface area contributed by atoms with Gasteiger partial charge >= 0.3 is 0 Å². The maximum absolute atomic E-state index is 12.5. The van der Waals surface area contributed by atoms with Gasteiger partial charge in [-0.3, -0.25) is 0 Å². The van der Waals surface area contributed by atoms with Crippen molar-refractivity contribution in [3.8, 4) is 23.1 Å². The van der Waals surface area contributed by atoms with Crippen molar-refractivity contribution in [2.45, 2.75) is 0 Å². The highest BCUT2D eigenvalue weighted by molar-refractivity contribution is 7.20. The number of fused-ring (bicyclic) bond motifs is 15. The summed E-state index contributed by atoms with van der Waals surface area (Å²) in [6.07, 6.45) is 0. The fourth-order valence-corrected chi connectivity index (χ4v) is 19.0. The molecule has 0 aliphatic rings. The summed E-state index contributed by atoms with van der Waals surface area (Å²) >= 11 is 0. The van der Waals surface area contributed by atoms with E-state index in [1.807, 2.05) is 0 Å². The van der Waals surface area contributed by atoms with Crippen LogP contribution in [-0.2, 0) is 0 Å². The van der Waals surface area contributed by atoms with Gasteiger partial charge in [-0.2, -0.15) is 5.26 Å². The maximum Gasteiger partial charge on any atom is 0.179 e. The molecule has 0 spiro atoms. The Morgan fingerprint density at radius 3 is 1.09 bits per heavy atom. The van der Waals surface area contributed by atoms with E-state index in [-0.39, 0.29) is 0 Å². The minimum absolute atomic E-state index is 0.603. The van der Waals surface area contributed by atoms with Crippen LogP contribution in [-0.4, -0.2) is 26.2 Å². The minimum Gasteiger partial charge on any atom is -0.306 e. The molecule has 0 aliphatic heterocycles. The molecule has 17 aromatic rings. The number of hydrogen-bond donors (Lipinski definition) is 0. The fraction of sp³-hybridized carbons (Fsp3) is 0. The average molecular weight is 1020 g/mol. The van der Waals surface area contributed by atoms with Crippen molar-refractivity contribution in [2.75, 3.05) is 0 Å². The van der Waals surface area contributed by atoms with Crippen molar-refractivity contribution >= 4 is 132 Å². The lowest BCUT2D eigenvalue weighted by Gasteiger charge is -2.34. The third kappa shape index (κ3) is 5.76. The summed E-state index contributed by atoms with van der Waals surface area (Å²) in [5.74, 6) is 0. The number of aromatic nitrogens is 4. The monoisotopic (exact) mass is 1020 g/mol. The van der Waals surface area contributed by atoms with Gasteiger partial charge in [-0.25, -0.2) is 0 Å². The molecule has 366 valence electrons. The first-order valence-corrected chi connectivity index (χ1v) is 29.1. The predicted octanol–water partition coefficient (Wildman–Crippen LogP) is 15.4. The van der Waals surface area contributed by atoms with Crippen LogP contribution < -0.4 is 20.7 Å². The maximum atomic E-state index is 12.5. The van der Waals surface area contributed by atoms with Crippen molar-refractivity contribution in [3.63, 3.8) is 0 Å². The van der Waals surface area contributed by atoms with Gasteiger partial charge in [0.1, 0.15) is 11.6 Å². The Balaban J connectivity index is 1.14. The second-order valence-electron chi connectivity index (χ2n) is 21.0. The number of benzene rings is 12. The first-order chi connectivity index (χ1) is 39.2. The Morgan fingerprint density at radius 1 is 0.266 bits per heavy atom. The van der Waals surface area contributed by atoms with E-state index in [0.29, 0.717) is 5.56 Å². The summed E-state index contributed by atoms with van der Waals surface area (Å²) in [6.45, 7) is 0.